The highest BCUT2D eigenvalue weighted by Gasteiger charge is 2.19. The van der Waals surface area contributed by atoms with E-state index in [1.807, 2.05) is 13.8 Å². The van der Waals surface area contributed by atoms with E-state index in [2.05, 4.69) is 42.6 Å². The summed E-state index contributed by atoms with van der Waals surface area (Å²) in [4.78, 5) is 14.7. The number of carbonyl (C=O) groups is 1. The van der Waals surface area contributed by atoms with Crippen LogP contribution in [0.3, 0.4) is 0 Å². The standard InChI is InChI=1S/C15H21N3O2S/c1-8-6-14(20-18-8)17-15(19)11(4)16-10(3)13-7-9(2)21-12(13)5/h6-7,10-11,16H,1-5H3,(H,17,19)/t10-,11+/m0/s1. The van der Waals surface area contributed by atoms with Crippen molar-refractivity contribution >= 4 is 23.1 Å². The third-order valence-electron chi connectivity index (χ3n) is 3.31. The number of nitrogens with zero attached hydrogens (tertiary/aromatic N) is 1. The molecule has 114 valence electrons. The molecule has 2 aromatic rings. The second kappa shape index (κ2) is 6.41. The normalized spacial score (nSPS) is 14.0. The van der Waals surface area contributed by atoms with Crippen molar-refractivity contribution in [1.82, 2.24) is 10.5 Å². The zero-order valence-electron chi connectivity index (χ0n) is 13.0. The molecule has 0 aliphatic heterocycles. The van der Waals surface area contributed by atoms with Gasteiger partial charge in [0.2, 0.25) is 11.8 Å². The van der Waals surface area contributed by atoms with Crippen LogP contribution in [0.25, 0.3) is 0 Å². The molecule has 2 N–H and O–H groups in total. The minimum Gasteiger partial charge on any atom is -0.338 e. The first-order valence-corrected chi connectivity index (χ1v) is 7.75. The Balaban J connectivity index is 1.95. The lowest BCUT2D eigenvalue weighted by Crippen LogP contribution is -2.39. The minimum absolute atomic E-state index is 0.118. The van der Waals surface area contributed by atoms with Crippen LogP contribution in [0.4, 0.5) is 5.88 Å². The smallest absolute Gasteiger partial charge is 0.243 e. The minimum atomic E-state index is -0.329. The van der Waals surface area contributed by atoms with Crippen LogP contribution in [0.2, 0.25) is 0 Å². The van der Waals surface area contributed by atoms with Crippen molar-refractivity contribution < 1.29 is 9.32 Å². The lowest BCUT2D eigenvalue weighted by atomic mass is 10.1. The predicted octanol–water partition coefficient (Wildman–Crippen LogP) is 3.34. The number of aryl methyl sites for hydroxylation is 3. The summed E-state index contributed by atoms with van der Waals surface area (Å²) >= 11 is 1.77. The van der Waals surface area contributed by atoms with Gasteiger partial charge in [0.1, 0.15) is 0 Å². The van der Waals surface area contributed by atoms with Crippen molar-refractivity contribution in [2.75, 3.05) is 5.32 Å². The molecule has 2 rings (SSSR count). The molecule has 0 aliphatic rings. The number of amides is 1. The molecule has 2 aromatic heterocycles. The van der Waals surface area contributed by atoms with Crippen molar-refractivity contribution in [2.24, 2.45) is 0 Å². The van der Waals surface area contributed by atoms with Crippen LogP contribution >= 0.6 is 11.3 Å². The molecule has 5 nitrogen and oxygen atoms in total. The van der Waals surface area contributed by atoms with Gasteiger partial charge in [0.25, 0.3) is 0 Å². The third kappa shape index (κ3) is 3.92. The highest BCUT2D eigenvalue weighted by molar-refractivity contribution is 7.12. The Hall–Kier alpha value is -1.66. The summed E-state index contributed by atoms with van der Waals surface area (Å²) in [6.07, 6.45) is 0. The highest BCUT2D eigenvalue weighted by atomic mass is 32.1. The number of hydrogen-bond acceptors (Lipinski definition) is 5. The number of rotatable bonds is 5. The summed E-state index contributed by atoms with van der Waals surface area (Å²) in [5.74, 6) is 0.240. The van der Waals surface area contributed by atoms with Gasteiger partial charge in [-0.25, -0.2) is 0 Å². The van der Waals surface area contributed by atoms with Gasteiger partial charge < -0.3 is 4.52 Å². The van der Waals surface area contributed by atoms with Gasteiger partial charge in [0.15, 0.2) is 0 Å². The van der Waals surface area contributed by atoms with Gasteiger partial charge in [-0.15, -0.1) is 11.3 Å². The number of nitrogens with one attached hydrogen (secondary N) is 2. The van der Waals surface area contributed by atoms with Crippen LogP contribution in [-0.4, -0.2) is 17.1 Å². The predicted molar refractivity (Wildman–Crippen MR) is 84.7 cm³/mol. The van der Waals surface area contributed by atoms with E-state index < -0.39 is 0 Å². The van der Waals surface area contributed by atoms with Crippen LogP contribution in [0.15, 0.2) is 16.7 Å². The molecule has 0 spiro atoms. The Morgan fingerprint density at radius 1 is 1.29 bits per heavy atom. The van der Waals surface area contributed by atoms with Crippen LogP contribution in [0, 0.1) is 20.8 Å². The molecule has 0 bridgehead atoms. The van der Waals surface area contributed by atoms with Gasteiger partial charge in [-0.3, -0.25) is 15.4 Å². The molecule has 0 saturated heterocycles. The quantitative estimate of drug-likeness (QED) is 0.889. The summed E-state index contributed by atoms with van der Waals surface area (Å²) in [5.41, 5.74) is 1.98. The van der Waals surface area contributed by atoms with Gasteiger partial charge in [-0.05, 0) is 46.2 Å². The molecule has 21 heavy (non-hydrogen) atoms. The maximum atomic E-state index is 12.1. The van der Waals surface area contributed by atoms with E-state index in [1.54, 1.807) is 17.4 Å². The van der Waals surface area contributed by atoms with E-state index >= 15 is 0 Å². The number of carbonyl (C=O) groups excluding carboxylic acids is 1. The first-order chi connectivity index (χ1) is 9.86. The fourth-order valence-electron chi connectivity index (χ4n) is 2.27. The van der Waals surface area contributed by atoms with Crippen LogP contribution in [-0.2, 0) is 4.79 Å². The highest BCUT2D eigenvalue weighted by Crippen LogP contribution is 2.26. The number of hydrogen-bond donors (Lipinski definition) is 2. The lowest BCUT2D eigenvalue weighted by molar-refractivity contribution is -0.118. The van der Waals surface area contributed by atoms with Gasteiger partial charge in [-0.1, -0.05) is 5.16 Å². The molecule has 2 atom stereocenters. The summed E-state index contributed by atoms with van der Waals surface area (Å²) in [6, 6.07) is 3.65. The van der Waals surface area contributed by atoms with Crippen LogP contribution in [0.1, 0.15) is 40.9 Å². The summed E-state index contributed by atoms with van der Waals surface area (Å²) in [7, 11) is 0. The summed E-state index contributed by atoms with van der Waals surface area (Å²) < 4.78 is 4.99. The largest absolute Gasteiger partial charge is 0.338 e. The van der Waals surface area contributed by atoms with Gasteiger partial charge in [0.05, 0.1) is 11.7 Å². The summed E-state index contributed by atoms with van der Waals surface area (Å²) in [6.45, 7) is 9.91. The third-order valence-corrected chi connectivity index (χ3v) is 4.30. The van der Waals surface area contributed by atoms with E-state index in [1.165, 1.54) is 15.3 Å². The number of thiophene rings is 1. The molecule has 6 heteroatoms. The number of anilines is 1. The van der Waals surface area contributed by atoms with E-state index in [4.69, 9.17) is 4.52 Å². The second-order valence-electron chi connectivity index (χ2n) is 5.30. The molecular formula is C15H21N3O2S. The van der Waals surface area contributed by atoms with Crippen molar-refractivity contribution in [3.05, 3.63) is 33.1 Å². The maximum Gasteiger partial charge on any atom is 0.243 e. The monoisotopic (exact) mass is 307 g/mol. The Morgan fingerprint density at radius 2 is 2.00 bits per heavy atom. The first kappa shape index (κ1) is 15.7. The Bertz CT molecular complexity index is 633. The second-order valence-corrected chi connectivity index (χ2v) is 6.76. The van der Waals surface area contributed by atoms with Gasteiger partial charge in [0, 0.05) is 21.9 Å². The zero-order valence-corrected chi connectivity index (χ0v) is 13.8. The molecule has 0 aliphatic carbocycles. The summed E-state index contributed by atoms with van der Waals surface area (Å²) in [5, 5.41) is 9.76. The molecular weight excluding hydrogens is 286 g/mol. The molecule has 0 unspecified atom stereocenters. The van der Waals surface area contributed by atoms with E-state index in [9.17, 15) is 4.79 Å². The maximum absolute atomic E-state index is 12.1. The zero-order chi connectivity index (χ0) is 15.6. The molecule has 0 radical (unpaired) electrons. The Morgan fingerprint density at radius 3 is 2.52 bits per heavy atom. The number of aromatic nitrogens is 1. The fraction of sp³-hybridized carbons (Fsp3) is 0.467. The average molecular weight is 307 g/mol. The molecule has 2 heterocycles. The Labute approximate surface area is 128 Å². The molecule has 1 amide bonds. The van der Waals surface area contributed by atoms with Crippen LogP contribution in [0.5, 0.6) is 0 Å². The van der Waals surface area contributed by atoms with Crippen molar-refractivity contribution in [2.45, 2.75) is 46.7 Å². The Kier molecular flexibility index (Phi) is 4.80. The van der Waals surface area contributed by atoms with Gasteiger partial charge in [-0.2, -0.15) is 0 Å². The molecule has 0 aromatic carbocycles. The average Bonchev–Trinajstić information content (AvgIpc) is 2.95. The SMILES string of the molecule is Cc1cc(NC(=O)[C@@H](C)N[C@@H](C)c2cc(C)sc2C)on1. The topological polar surface area (TPSA) is 67.2 Å². The van der Waals surface area contributed by atoms with Gasteiger partial charge >= 0.3 is 0 Å². The fourth-order valence-corrected chi connectivity index (χ4v) is 3.30. The first-order valence-electron chi connectivity index (χ1n) is 6.94. The van der Waals surface area contributed by atoms with E-state index in [0.717, 1.165) is 5.69 Å². The van der Waals surface area contributed by atoms with Crippen molar-refractivity contribution in [3.63, 3.8) is 0 Å². The van der Waals surface area contributed by atoms with E-state index in [0.29, 0.717) is 5.88 Å². The molecule has 0 fully saturated rings. The van der Waals surface area contributed by atoms with Crippen LogP contribution < -0.4 is 10.6 Å². The lowest BCUT2D eigenvalue weighted by Gasteiger charge is -2.19. The van der Waals surface area contributed by atoms with Crippen molar-refractivity contribution in [1.29, 1.82) is 0 Å². The van der Waals surface area contributed by atoms with Crippen molar-refractivity contribution in [3.8, 4) is 0 Å². The van der Waals surface area contributed by atoms with E-state index in [-0.39, 0.29) is 18.0 Å². The molecule has 0 saturated carbocycles.